The maximum absolute atomic E-state index is 13.7. The maximum Gasteiger partial charge on any atom is 0.320 e. The number of ether oxygens (including phenoxy) is 1. The van der Waals surface area contributed by atoms with Crippen LogP contribution < -0.4 is 10.5 Å². The highest BCUT2D eigenvalue weighted by Gasteiger charge is 2.22. The van der Waals surface area contributed by atoms with Crippen molar-refractivity contribution < 1.29 is 23.4 Å². The molecule has 0 saturated carbocycles. The molecule has 0 radical (unpaired) electrons. The Morgan fingerprint density at radius 1 is 1.65 bits per heavy atom. The van der Waals surface area contributed by atoms with Gasteiger partial charge in [-0.2, -0.15) is 0 Å². The van der Waals surface area contributed by atoms with Crippen LogP contribution in [-0.2, 0) is 11.2 Å². The first-order chi connectivity index (χ1) is 7.88. The standard InChI is InChI=1S/C10H10BrF2NO3/c1-17-7-3-5(12)4(9(13)8(7)11)2-6(14)10(15)16/h3,6H,2,14H2,1H3,(H,15,16). The molecule has 0 aliphatic heterocycles. The third kappa shape index (κ3) is 2.92. The van der Waals surface area contributed by atoms with E-state index in [2.05, 4.69) is 15.9 Å². The second-order valence-corrected chi connectivity index (χ2v) is 4.11. The van der Waals surface area contributed by atoms with Crippen LogP contribution in [0.5, 0.6) is 5.75 Å². The second-order valence-electron chi connectivity index (χ2n) is 3.32. The summed E-state index contributed by atoms with van der Waals surface area (Å²) in [4.78, 5) is 10.5. The minimum absolute atomic E-state index is 0.00681. The van der Waals surface area contributed by atoms with Gasteiger partial charge in [0.25, 0.3) is 0 Å². The highest BCUT2D eigenvalue weighted by atomic mass is 79.9. The Morgan fingerprint density at radius 2 is 2.24 bits per heavy atom. The molecular formula is C10H10BrF2NO3. The third-order valence-corrected chi connectivity index (χ3v) is 2.92. The van der Waals surface area contributed by atoms with E-state index in [0.717, 1.165) is 6.07 Å². The van der Waals surface area contributed by atoms with Crippen LogP contribution >= 0.6 is 15.9 Å². The summed E-state index contributed by atoms with van der Waals surface area (Å²) in [7, 11) is 1.27. The SMILES string of the molecule is COc1cc(F)c(CC(N)C(=O)O)c(F)c1Br. The largest absolute Gasteiger partial charge is 0.495 e. The molecule has 0 fully saturated rings. The highest BCUT2D eigenvalue weighted by Crippen LogP contribution is 2.32. The zero-order valence-electron chi connectivity index (χ0n) is 8.84. The molecule has 1 aromatic carbocycles. The molecule has 3 N–H and O–H groups in total. The lowest BCUT2D eigenvalue weighted by atomic mass is 10.1. The van der Waals surface area contributed by atoms with E-state index in [1.165, 1.54) is 7.11 Å². The van der Waals surface area contributed by atoms with Crippen LogP contribution in [0, 0.1) is 11.6 Å². The number of benzene rings is 1. The van der Waals surface area contributed by atoms with Gasteiger partial charge in [-0.3, -0.25) is 4.79 Å². The third-order valence-electron chi connectivity index (χ3n) is 2.18. The van der Waals surface area contributed by atoms with E-state index in [1.807, 2.05) is 0 Å². The number of carbonyl (C=O) groups is 1. The second kappa shape index (κ2) is 5.42. The summed E-state index contributed by atoms with van der Waals surface area (Å²) in [6.45, 7) is 0. The molecule has 0 aromatic heterocycles. The molecule has 1 aromatic rings. The van der Waals surface area contributed by atoms with Crippen molar-refractivity contribution in [1.29, 1.82) is 0 Å². The van der Waals surface area contributed by atoms with Crippen LogP contribution in [-0.4, -0.2) is 24.2 Å². The molecule has 0 heterocycles. The molecule has 1 rings (SSSR count). The van der Waals surface area contributed by atoms with Gasteiger partial charge in [-0.25, -0.2) is 8.78 Å². The number of rotatable bonds is 4. The van der Waals surface area contributed by atoms with Gasteiger partial charge in [-0.05, 0) is 15.9 Å². The van der Waals surface area contributed by atoms with Gasteiger partial charge in [0.15, 0.2) is 0 Å². The monoisotopic (exact) mass is 309 g/mol. The molecule has 0 amide bonds. The summed E-state index contributed by atoms with van der Waals surface area (Å²) < 4.78 is 31.9. The Kier molecular flexibility index (Phi) is 4.41. The van der Waals surface area contributed by atoms with Gasteiger partial charge >= 0.3 is 5.97 Å². The normalized spacial score (nSPS) is 12.3. The zero-order valence-corrected chi connectivity index (χ0v) is 10.4. The molecule has 0 bridgehead atoms. The van der Waals surface area contributed by atoms with Gasteiger partial charge in [0.1, 0.15) is 23.4 Å². The van der Waals surface area contributed by atoms with Gasteiger partial charge in [0.2, 0.25) is 0 Å². The van der Waals surface area contributed by atoms with Crippen LogP contribution in [0.2, 0.25) is 0 Å². The number of carboxylic acids is 1. The van der Waals surface area contributed by atoms with Gasteiger partial charge in [-0.1, -0.05) is 0 Å². The first-order valence-corrected chi connectivity index (χ1v) is 5.36. The Hall–Kier alpha value is -1.21. The fraction of sp³-hybridized carbons (Fsp3) is 0.300. The van der Waals surface area contributed by atoms with Crippen molar-refractivity contribution in [1.82, 2.24) is 0 Å². The Bertz CT molecular complexity index is 454. The van der Waals surface area contributed by atoms with Gasteiger partial charge in [-0.15, -0.1) is 0 Å². The van der Waals surface area contributed by atoms with E-state index >= 15 is 0 Å². The first-order valence-electron chi connectivity index (χ1n) is 4.57. The first kappa shape index (κ1) is 13.9. The fourth-order valence-corrected chi connectivity index (χ4v) is 1.77. The summed E-state index contributed by atoms with van der Waals surface area (Å²) >= 11 is 2.90. The van der Waals surface area contributed by atoms with Crippen molar-refractivity contribution in [3.05, 3.63) is 27.7 Å². The average Bonchev–Trinajstić information content (AvgIpc) is 2.28. The van der Waals surface area contributed by atoms with Gasteiger partial charge < -0.3 is 15.6 Å². The van der Waals surface area contributed by atoms with Crippen LogP contribution in [0.3, 0.4) is 0 Å². The Morgan fingerprint density at radius 3 is 2.71 bits per heavy atom. The minimum Gasteiger partial charge on any atom is -0.495 e. The molecule has 0 aliphatic rings. The van der Waals surface area contributed by atoms with Crippen LogP contribution in [0.1, 0.15) is 5.56 Å². The van der Waals surface area contributed by atoms with Crippen LogP contribution in [0.25, 0.3) is 0 Å². The topological polar surface area (TPSA) is 72.5 Å². The lowest BCUT2D eigenvalue weighted by Gasteiger charge is -2.12. The lowest BCUT2D eigenvalue weighted by Crippen LogP contribution is -2.33. The molecule has 4 nitrogen and oxygen atoms in total. The number of hydrogen-bond acceptors (Lipinski definition) is 3. The lowest BCUT2D eigenvalue weighted by molar-refractivity contribution is -0.138. The molecule has 0 spiro atoms. The summed E-state index contributed by atoms with van der Waals surface area (Å²) in [5.41, 5.74) is 4.85. The summed E-state index contributed by atoms with van der Waals surface area (Å²) in [5, 5.41) is 8.59. The Balaban J connectivity index is 3.17. The summed E-state index contributed by atoms with van der Waals surface area (Å²) in [6.07, 6.45) is -0.435. The summed E-state index contributed by atoms with van der Waals surface area (Å²) in [5.74, 6) is -3.12. The maximum atomic E-state index is 13.7. The molecule has 0 aliphatic carbocycles. The van der Waals surface area contributed by atoms with E-state index in [0.29, 0.717) is 0 Å². The van der Waals surface area contributed by atoms with E-state index in [9.17, 15) is 13.6 Å². The van der Waals surface area contributed by atoms with E-state index in [1.54, 1.807) is 0 Å². The van der Waals surface area contributed by atoms with Crippen LogP contribution in [0.4, 0.5) is 8.78 Å². The zero-order chi connectivity index (χ0) is 13.2. The quantitative estimate of drug-likeness (QED) is 0.830. The van der Waals surface area contributed by atoms with Gasteiger partial charge in [0.05, 0.1) is 11.6 Å². The van der Waals surface area contributed by atoms with Crippen molar-refractivity contribution >= 4 is 21.9 Å². The smallest absolute Gasteiger partial charge is 0.320 e. The van der Waals surface area contributed by atoms with Crippen molar-refractivity contribution in [3.63, 3.8) is 0 Å². The molecule has 1 atom stereocenters. The van der Waals surface area contributed by atoms with Crippen LogP contribution in [0.15, 0.2) is 10.5 Å². The number of methoxy groups -OCH3 is 1. The predicted octanol–water partition coefficient (Wildman–Crippen LogP) is 1.69. The average molecular weight is 310 g/mol. The Labute approximate surface area is 104 Å². The number of aliphatic carboxylic acids is 1. The van der Waals surface area contributed by atoms with Crippen molar-refractivity contribution in [3.8, 4) is 5.75 Å². The molecule has 94 valence electrons. The molecular weight excluding hydrogens is 300 g/mol. The van der Waals surface area contributed by atoms with Crippen molar-refractivity contribution in [2.75, 3.05) is 7.11 Å². The van der Waals surface area contributed by atoms with Gasteiger partial charge in [0, 0.05) is 18.1 Å². The highest BCUT2D eigenvalue weighted by molar-refractivity contribution is 9.10. The molecule has 7 heteroatoms. The number of nitrogens with two attached hydrogens (primary N) is 1. The number of carboxylic acid groups (broad SMARTS) is 1. The molecule has 1 unspecified atom stereocenters. The molecule has 17 heavy (non-hydrogen) atoms. The minimum atomic E-state index is -1.36. The van der Waals surface area contributed by atoms with E-state index in [-0.39, 0.29) is 15.8 Å². The van der Waals surface area contributed by atoms with E-state index in [4.69, 9.17) is 15.6 Å². The summed E-state index contributed by atoms with van der Waals surface area (Å²) in [6, 6.07) is -0.392. The van der Waals surface area contributed by atoms with E-state index < -0.39 is 30.1 Å². The number of halogens is 3. The van der Waals surface area contributed by atoms with Crippen molar-refractivity contribution in [2.45, 2.75) is 12.5 Å². The number of hydrogen-bond donors (Lipinski definition) is 2. The van der Waals surface area contributed by atoms with Crippen molar-refractivity contribution in [2.24, 2.45) is 5.73 Å². The molecule has 0 saturated heterocycles. The fourth-order valence-electron chi connectivity index (χ4n) is 1.25. The predicted molar refractivity (Wildman–Crippen MR) is 59.9 cm³/mol.